The highest BCUT2D eigenvalue weighted by Crippen LogP contribution is 2.23. The maximum absolute atomic E-state index is 10.7. The minimum Gasteiger partial charge on any atom is -0.478 e. The number of anilines is 1. The fourth-order valence-corrected chi connectivity index (χ4v) is 2.18. The van der Waals surface area contributed by atoms with Gasteiger partial charge in [0.25, 0.3) is 0 Å². The molecular weight excluding hydrogens is 218 g/mol. The Morgan fingerprint density at radius 3 is 2.53 bits per heavy atom. The van der Waals surface area contributed by atoms with Crippen LogP contribution in [0.15, 0.2) is 24.3 Å². The van der Waals surface area contributed by atoms with Crippen molar-refractivity contribution in [2.75, 3.05) is 18.0 Å². The molecule has 17 heavy (non-hydrogen) atoms. The van der Waals surface area contributed by atoms with Crippen LogP contribution in [-0.4, -0.2) is 35.4 Å². The third-order valence-electron chi connectivity index (χ3n) is 3.34. The number of rotatable bonds is 2. The highest BCUT2D eigenvalue weighted by Gasteiger charge is 2.24. The minimum absolute atomic E-state index is 0.218. The predicted octanol–water partition coefficient (Wildman–Crippen LogP) is 1.59. The molecule has 0 radical (unpaired) electrons. The Morgan fingerprint density at radius 2 is 2.00 bits per heavy atom. The molecule has 1 aromatic rings. The summed E-state index contributed by atoms with van der Waals surface area (Å²) in [5, 5.41) is 18.5. The van der Waals surface area contributed by atoms with Crippen LogP contribution in [-0.2, 0) is 0 Å². The Balaban J connectivity index is 2.10. The standard InChI is InChI=1S/C13H17NO3/c1-9-8-14(7-6-12(9)15)11-4-2-10(3-5-11)13(16)17/h2-5,9,12,15H,6-8H2,1H3,(H,16,17)/t9-,12+/m1/s1. The number of piperidine rings is 1. The van der Waals surface area contributed by atoms with Gasteiger partial charge in [-0.2, -0.15) is 0 Å². The first-order chi connectivity index (χ1) is 8.08. The Morgan fingerprint density at radius 1 is 1.35 bits per heavy atom. The van der Waals surface area contributed by atoms with Crippen LogP contribution in [0, 0.1) is 5.92 Å². The lowest BCUT2D eigenvalue weighted by atomic mass is 9.96. The molecule has 92 valence electrons. The molecule has 2 rings (SSSR count). The van der Waals surface area contributed by atoms with Crippen molar-refractivity contribution < 1.29 is 15.0 Å². The van der Waals surface area contributed by atoms with Crippen molar-refractivity contribution in [2.24, 2.45) is 5.92 Å². The maximum Gasteiger partial charge on any atom is 0.335 e. The lowest BCUT2D eigenvalue weighted by Crippen LogP contribution is -2.41. The number of carboxylic acid groups (broad SMARTS) is 1. The topological polar surface area (TPSA) is 60.8 Å². The van der Waals surface area contributed by atoms with Gasteiger partial charge in [0.15, 0.2) is 0 Å². The SMILES string of the molecule is C[C@@H]1CN(c2ccc(C(=O)O)cc2)CC[C@@H]1O. The third kappa shape index (κ3) is 2.58. The minimum atomic E-state index is -0.904. The van der Waals surface area contributed by atoms with E-state index < -0.39 is 5.97 Å². The highest BCUT2D eigenvalue weighted by atomic mass is 16.4. The number of aliphatic hydroxyl groups excluding tert-OH is 1. The summed E-state index contributed by atoms with van der Waals surface area (Å²) in [6, 6.07) is 6.89. The van der Waals surface area contributed by atoms with Crippen LogP contribution < -0.4 is 4.90 Å². The quantitative estimate of drug-likeness (QED) is 0.817. The lowest BCUT2D eigenvalue weighted by Gasteiger charge is -2.36. The summed E-state index contributed by atoms with van der Waals surface area (Å²) in [6.45, 7) is 3.66. The van der Waals surface area contributed by atoms with Gasteiger partial charge < -0.3 is 15.1 Å². The second kappa shape index (κ2) is 4.75. The molecule has 0 amide bonds. The summed E-state index contributed by atoms with van der Waals surface area (Å²) in [5.74, 6) is -0.651. The smallest absolute Gasteiger partial charge is 0.335 e. The van der Waals surface area contributed by atoms with E-state index in [-0.39, 0.29) is 12.0 Å². The summed E-state index contributed by atoms with van der Waals surface area (Å²) >= 11 is 0. The zero-order valence-corrected chi connectivity index (χ0v) is 9.84. The average Bonchev–Trinajstić information content (AvgIpc) is 2.33. The van der Waals surface area contributed by atoms with Crippen molar-refractivity contribution in [1.29, 1.82) is 0 Å². The van der Waals surface area contributed by atoms with Crippen molar-refractivity contribution >= 4 is 11.7 Å². The molecule has 1 aromatic carbocycles. The van der Waals surface area contributed by atoms with Gasteiger partial charge in [-0.15, -0.1) is 0 Å². The number of nitrogens with zero attached hydrogens (tertiary/aromatic N) is 1. The third-order valence-corrected chi connectivity index (χ3v) is 3.34. The van der Waals surface area contributed by atoms with Crippen LogP contribution in [0.2, 0.25) is 0 Å². The van der Waals surface area contributed by atoms with Gasteiger partial charge in [0, 0.05) is 18.8 Å². The second-order valence-corrected chi connectivity index (χ2v) is 4.63. The Hall–Kier alpha value is -1.55. The van der Waals surface area contributed by atoms with E-state index in [0.29, 0.717) is 5.56 Å². The van der Waals surface area contributed by atoms with Gasteiger partial charge in [0.1, 0.15) is 0 Å². The molecule has 0 aromatic heterocycles. The summed E-state index contributed by atoms with van der Waals surface area (Å²) in [7, 11) is 0. The number of hydrogen-bond donors (Lipinski definition) is 2. The van der Waals surface area contributed by atoms with E-state index in [1.54, 1.807) is 12.1 Å². The lowest BCUT2D eigenvalue weighted by molar-refractivity contribution is 0.0697. The van der Waals surface area contributed by atoms with Crippen molar-refractivity contribution in [2.45, 2.75) is 19.4 Å². The molecule has 1 aliphatic heterocycles. The Bertz CT molecular complexity index is 402. The largest absolute Gasteiger partial charge is 0.478 e. The molecule has 4 heteroatoms. The van der Waals surface area contributed by atoms with Crippen LogP contribution in [0.3, 0.4) is 0 Å². The molecule has 2 atom stereocenters. The zero-order valence-electron chi connectivity index (χ0n) is 9.84. The molecule has 1 heterocycles. The molecule has 1 fully saturated rings. The first kappa shape index (κ1) is 11.9. The highest BCUT2D eigenvalue weighted by molar-refractivity contribution is 5.88. The number of aromatic carboxylic acids is 1. The van der Waals surface area contributed by atoms with E-state index in [2.05, 4.69) is 4.90 Å². The Kier molecular flexibility index (Phi) is 3.33. The number of hydrogen-bond acceptors (Lipinski definition) is 3. The van der Waals surface area contributed by atoms with Gasteiger partial charge >= 0.3 is 5.97 Å². The summed E-state index contributed by atoms with van der Waals surface area (Å²) < 4.78 is 0. The van der Waals surface area contributed by atoms with E-state index in [1.807, 2.05) is 19.1 Å². The predicted molar refractivity (Wildman–Crippen MR) is 65.4 cm³/mol. The van der Waals surface area contributed by atoms with E-state index in [1.165, 1.54) is 0 Å². The number of aliphatic hydroxyl groups is 1. The van der Waals surface area contributed by atoms with E-state index in [9.17, 15) is 9.90 Å². The van der Waals surface area contributed by atoms with Crippen LogP contribution >= 0.6 is 0 Å². The second-order valence-electron chi connectivity index (χ2n) is 4.63. The van der Waals surface area contributed by atoms with Gasteiger partial charge in [-0.25, -0.2) is 4.79 Å². The summed E-state index contributed by atoms with van der Waals surface area (Å²) in [6.07, 6.45) is 0.548. The molecule has 0 saturated carbocycles. The van der Waals surface area contributed by atoms with E-state index in [4.69, 9.17) is 5.11 Å². The molecule has 0 unspecified atom stereocenters. The number of benzene rings is 1. The van der Waals surface area contributed by atoms with Gasteiger partial charge in [0.2, 0.25) is 0 Å². The van der Waals surface area contributed by atoms with Crippen LogP contribution in [0.4, 0.5) is 5.69 Å². The molecule has 4 nitrogen and oxygen atoms in total. The molecule has 2 N–H and O–H groups in total. The van der Waals surface area contributed by atoms with Crippen molar-refractivity contribution in [3.63, 3.8) is 0 Å². The van der Waals surface area contributed by atoms with E-state index in [0.717, 1.165) is 25.2 Å². The number of carboxylic acids is 1. The fraction of sp³-hybridized carbons (Fsp3) is 0.462. The van der Waals surface area contributed by atoms with Gasteiger partial charge in [0.05, 0.1) is 11.7 Å². The molecular formula is C13H17NO3. The molecule has 1 saturated heterocycles. The molecule has 0 spiro atoms. The zero-order chi connectivity index (χ0) is 12.4. The monoisotopic (exact) mass is 235 g/mol. The van der Waals surface area contributed by atoms with Crippen LogP contribution in [0.5, 0.6) is 0 Å². The summed E-state index contributed by atoms with van der Waals surface area (Å²) in [4.78, 5) is 12.9. The molecule has 1 aliphatic rings. The normalized spacial score (nSPS) is 24.7. The van der Waals surface area contributed by atoms with Crippen LogP contribution in [0.25, 0.3) is 0 Å². The van der Waals surface area contributed by atoms with Crippen molar-refractivity contribution in [1.82, 2.24) is 0 Å². The fourth-order valence-electron chi connectivity index (χ4n) is 2.18. The average molecular weight is 235 g/mol. The first-order valence-corrected chi connectivity index (χ1v) is 5.84. The first-order valence-electron chi connectivity index (χ1n) is 5.84. The van der Waals surface area contributed by atoms with Crippen LogP contribution in [0.1, 0.15) is 23.7 Å². The van der Waals surface area contributed by atoms with Crippen molar-refractivity contribution in [3.8, 4) is 0 Å². The number of carbonyl (C=O) groups is 1. The van der Waals surface area contributed by atoms with Crippen molar-refractivity contribution in [3.05, 3.63) is 29.8 Å². The maximum atomic E-state index is 10.7. The Labute approximate surface area is 100 Å². The molecule has 0 bridgehead atoms. The van der Waals surface area contributed by atoms with Gasteiger partial charge in [-0.3, -0.25) is 0 Å². The summed E-state index contributed by atoms with van der Waals surface area (Å²) in [5.41, 5.74) is 1.33. The van der Waals surface area contributed by atoms with E-state index >= 15 is 0 Å². The molecule has 0 aliphatic carbocycles. The van der Waals surface area contributed by atoms with Gasteiger partial charge in [-0.1, -0.05) is 6.92 Å². The van der Waals surface area contributed by atoms with Gasteiger partial charge in [-0.05, 0) is 36.6 Å².